The lowest BCUT2D eigenvalue weighted by atomic mass is 10.2. The maximum atomic E-state index is 11.8. The molecule has 0 aliphatic carbocycles. The summed E-state index contributed by atoms with van der Waals surface area (Å²) in [6, 6.07) is 0.160. The van der Waals surface area contributed by atoms with Crippen molar-refractivity contribution in [2.75, 3.05) is 26.2 Å². The van der Waals surface area contributed by atoms with Gasteiger partial charge in [0.25, 0.3) is 0 Å². The number of rotatable bonds is 10. The van der Waals surface area contributed by atoms with Crippen LogP contribution >= 0.6 is 0 Å². The summed E-state index contributed by atoms with van der Waals surface area (Å²) in [7, 11) is 0. The Bertz CT molecular complexity index is 217. The molecule has 18 heavy (non-hydrogen) atoms. The highest BCUT2D eigenvalue weighted by Crippen LogP contribution is 1.92. The SMILES string of the molecule is CCC(C)NC(=O)C(C)NCCCN(CC)CC. The minimum atomic E-state index is -0.101. The highest BCUT2D eigenvalue weighted by atomic mass is 16.2. The van der Waals surface area contributed by atoms with Gasteiger partial charge in [0, 0.05) is 6.04 Å². The Morgan fingerprint density at radius 1 is 1.17 bits per heavy atom. The quantitative estimate of drug-likeness (QED) is 0.584. The molecule has 0 aliphatic heterocycles. The lowest BCUT2D eigenvalue weighted by Crippen LogP contribution is -2.45. The smallest absolute Gasteiger partial charge is 0.237 e. The van der Waals surface area contributed by atoms with Crippen molar-refractivity contribution in [3.8, 4) is 0 Å². The van der Waals surface area contributed by atoms with E-state index in [0.29, 0.717) is 0 Å². The summed E-state index contributed by atoms with van der Waals surface area (Å²) in [5.41, 5.74) is 0. The van der Waals surface area contributed by atoms with Crippen molar-refractivity contribution in [2.24, 2.45) is 0 Å². The van der Waals surface area contributed by atoms with E-state index in [1.807, 2.05) is 13.8 Å². The first-order valence-corrected chi connectivity index (χ1v) is 7.31. The number of nitrogens with one attached hydrogen (secondary N) is 2. The normalized spacial score (nSPS) is 14.6. The molecule has 0 fully saturated rings. The number of hydrogen-bond acceptors (Lipinski definition) is 3. The summed E-state index contributed by atoms with van der Waals surface area (Å²) in [5.74, 6) is 0.104. The third-order valence-electron chi connectivity index (χ3n) is 3.39. The Balaban J connectivity index is 3.69. The molecule has 2 unspecified atom stereocenters. The molecule has 0 saturated carbocycles. The Hall–Kier alpha value is -0.610. The van der Waals surface area contributed by atoms with E-state index < -0.39 is 0 Å². The van der Waals surface area contributed by atoms with Crippen LogP contribution in [-0.2, 0) is 4.79 Å². The van der Waals surface area contributed by atoms with Crippen LogP contribution in [0.15, 0.2) is 0 Å². The average Bonchev–Trinajstić information content (AvgIpc) is 2.38. The van der Waals surface area contributed by atoms with E-state index in [2.05, 4.69) is 36.3 Å². The maximum absolute atomic E-state index is 11.8. The van der Waals surface area contributed by atoms with Crippen LogP contribution in [0.5, 0.6) is 0 Å². The molecule has 2 N–H and O–H groups in total. The number of hydrogen-bond donors (Lipinski definition) is 2. The van der Waals surface area contributed by atoms with E-state index in [9.17, 15) is 4.79 Å². The standard InChI is InChI=1S/C14H31N3O/c1-6-12(4)16-14(18)13(5)15-10-9-11-17(7-2)8-3/h12-13,15H,6-11H2,1-5H3,(H,16,18). The van der Waals surface area contributed by atoms with Gasteiger partial charge in [0.1, 0.15) is 0 Å². The second kappa shape index (κ2) is 10.3. The van der Waals surface area contributed by atoms with Crippen LogP contribution < -0.4 is 10.6 Å². The van der Waals surface area contributed by atoms with Gasteiger partial charge >= 0.3 is 0 Å². The van der Waals surface area contributed by atoms with E-state index in [1.165, 1.54) is 0 Å². The zero-order valence-corrected chi connectivity index (χ0v) is 12.8. The molecule has 4 heteroatoms. The number of nitrogens with zero attached hydrogens (tertiary/aromatic N) is 1. The largest absolute Gasteiger partial charge is 0.352 e. The fourth-order valence-corrected chi connectivity index (χ4v) is 1.72. The molecule has 0 rings (SSSR count). The van der Waals surface area contributed by atoms with Gasteiger partial charge in [-0.1, -0.05) is 20.8 Å². The van der Waals surface area contributed by atoms with E-state index in [1.54, 1.807) is 0 Å². The summed E-state index contributed by atoms with van der Waals surface area (Å²) < 4.78 is 0. The van der Waals surface area contributed by atoms with Crippen LogP contribution in [0.2, 0.25) is 0 Å². The summed E-state index contributed by atoms with van der Waals surface area (Å²) >= 11 is 0. The Labute approximate surface area is 113 Å². The zero-order chi connectivity index (χ0) is 14.0. The van der Waals surface area contributed by atoms with E-state index in [0.717, 1.165) is 39.0 Å². The minimum Gasteiger partial charge on any atom is -0.352 e. The third kappa shape index (κ3) is 7.67. The number of carbonyl (C=O) groups is 1. The van der Waals surface area contributed by atoms with Gasteiger partial charge in [-0.15, -0.1) is 0 Å². The highest BCUT2D eigenvalue weighted by molar-refractivity contribution is 5.81. The van der Waals surface area contributed by atoms with Crippen molar-refractivity contribution in [1.82, 2.24) is 15.5 Å². The van der Waals surface area contributed by atoms with Crippen LogP contribution in [0.1, 0.15) is 47.5 Å². The van der Waals surface area contributed by atoms with Crippen molar-refractivity contribution in [3.05, 3.63) is 0 Å². The fourth-order valence-electron chi connectivity index (χ4n) is 1.72. The minimum absolute atomic E-state index is 0.101. The topological polar surface area (TPSA) is 44.4 Å². The van der Waals surface area contributed by atoms with Crippen LogP contribution in [0, 0.1) is 0 Å². The molecule has 0 saturated heterocycles. The molecule has 0 aromatic heterocycles. The van der Waals surface area contributed by atoms with Gasteiger partial charge in [0.2, 0.25) is 5.91 Å². The maximum Gasteiger partial charge on any atom is 0.237 e. The van der Waals surface area contributed by atoms with Crippen molar-refractivity contribution in [3.63, 3.8) is 0 Å². The molecule has 0 spiro atoms. The van der Waals surface area contributed by atoms with Gasteiger partial charge in [0.15, 0.2) is 0 Å². The van der Waals surface area contributed by atoms with Crippen LogP contribution in [0.3, 0.4) is 0 Å². The highest BCUT2D eigenvalue weighted by Gasteiger charge is 2.13. The summed E-state index contributed by atoms with van der Waals surface area (Å²) in [5, 5.41) is 6.27. The second-order valence-electron chi connectivity index (χ2n) is 4.87. The molecule has 1 amide bonds. The molecule has 108 valence electrons. The molecule has 0 radical (unpaired) electrons. The lowest BCUT2D eigenvalue weighted by Gasteiger charge is -2.20. The zero-order valence-electron chi connectivity index (χ0n) is 12.8. The van der Waals surface area contributed by atoms with Crippen LogP contribution in [-0.4, -0.2) is 49.1 Å². The molecule has 2 atom stereocenters. The predicted molar refractivity (Wildman–Crippen MR) is 77.8 cm³/mol. The monoisotopic (exact) mass is 257 g/mol. The van der Waals surface area contributed by atoms with Gasteiger partial charge < -0.3 is 15.5 Å². The number of amides is 1. The number of carbonyl (C=O) groups excluding carboxylic acids is 1. The summed E-state index contributed by atoms with van der Waals surface area (Å²) in [4.78, 5) is 14.2. The molecule has 0 heterocycles. The third-order valence-corrected chi connectivity index (χ3v) is 3.39. The Morgan fingerprint density at radius 2 is 1.78 bits per heavy atom. The molecular weight excluding hydrogens is 226 g/mol. The summed E-state index contributed by atoms with van der Waals surface area (Å²) in [6.07, 6.45) is 2.06. The second-order valence-corrected chi connectivity index (χ2v) is 4.87. The van der Waals surface area contributed by atoms with Crippen molar-refractivity contribution >= 4 is 5.91 Å². The summed E-state index contributed by atoms with van der Waals surface area (Å²) in [6.45, 7) is 14.6. The van der Waals surface area contributed by atoms with Crippen LogP contribution in [0.4, 0.5) is 0 Å². The fraction of sp³-hybridized carbons (Fsp3) is 0.929. The van der Waals surface area contributed by atoms with Gasteiger partial charge in [-0.25, -0.2) is 0 Å². The first-order chi connectivity index (χ1) is 8.54. The first kappa shape index (κ1) is 17.4. The van der Waals surface area contributed by atoms with Gasteiger partial charge in [-0.3, -0.25) is 4.79 Å². The molecular formula is C14H31N3O. The molecule has 4 nitrogen and oxygen atoms in total. The predicted octanol–water partition coefficient (Wildman–Crippen LogP) is 1.61. The van der Waals surface area contributed by atoms with Gasteiger partial charge in [-0.2, -0.15) is 0 Å². The Morgan fingerprint density at radius 3 is 2.28 bits per heavy atom. The van der Waals surface area contributed by atoms with Crippen molar-refractivity contribution in [2.45, 2.75) is 59.5 Å². The van der Waals surface area contributed by atoms with E-state index >= 15 is 0 Å². The Kier molecular flexibility index (Phi) is 9.98. The van der Waals surface area contributed by atoms with Crippen LogP contribution in [0.25, 0.3) is 0 Å². The van der Waals surface area contributed by atoms with Crippen molar-refractivity contribution in [1.29, 1.82) is 0 Å². The molecule has 0 aliphatic rings. The van der Waals surface area contributed by atoms with E-state index in [4.69, 9.17) is 0 Å². The average molecular weight is 257 g/mol. The van der Waals surface area contributed by atoms with E-state index in [-0.39, 0.29) is 18.0 Å². The molecule has 0 aromatic carbocycles. The van der Waals surface area contributed by atoms with Crippen molar-refractivity contribution < 1.29 is 4.79 Å². The van der Waals surface area contributed by atoms with Gasteiger partial charge in [-0.05, 0) is 52.9 Å². The van der Waals surface area contributed by atoms with Gasteiger partial charge in [0.05, 0.1) is 6.04 Å². The molecule has 0 bridgehead atoms. The first-order valence-electron chi connectivity index (χ1n) is 7.31. The molecule has 0 aromatic rings. The lowest BCUT2D eigenvalue weighted by molar-refractivity contribution is -0.123.